The highest BCUT2D eigenvalue weighted by molar-refractivity contribution is 5.99. The Hall–Kier alpha value is -1.84. The third kappa shape index (κ3) is 2.35. The number of rotatable bonds is 2. The van der Waals surface area contributed by atoms with E-state index in [1.807, 2.05) is 0 Å². The molecule has 1 aromatic carbocycles. The number of nitrogen functional groups attached to an aromatic ring is 1. The Morgan fingerprint density at radius 1 is 1.16 bits per heavy atom. The Labute approximate surface area is 112 Å². The van der Waals surface area contributed by atoms with Gasteiger partial charge in [0.15, 0.2) is 0 Å². The fraction of sp³-hybridized carbons (Fsp3) is 0.400. The zero-order valence-electron chi connectivity index (χ0n) is 10.8. The van der Waals surface area contributed by atoms with Gasteiger partial charge in [0, 0.05) is 23.3 Å². The number of hydrogen-bond donors (Lipinski definition) is 2. The quantitative estimate of drug-likeness (QED) is 0.808. The van der Waals surface area contributed by atoms with Gasteiger partial charge in [0.25, 0.3) is 0 Å². The molecular formula is C15H18FN3. The maximum Gasteiger partial charge on any atom is 0.137 e. The average molecular weight is 259 g/mol. The molecule has 1 saturated carbocycles. The van der Waals surface area contributed by atoms with Crippen molar-refractivity contribution in [2.75, 3.05) is 11.1 Å². The lowest BCUT2D eigenvalue weighted by Crippen LogP contribution is -2.23. The average Bonchev–Trinajstić information content (AvgIpc) is 2.44. The van der Waals surface area contributed by atoms with Crippen LogP contribution in [0.15, 0.2) is 24.4 Å². The van der Waals surface area contributed by atoms with Crippen LogP contribution in [-0.4, -0.2) is 11.0 Å². The van der Waals surface area contributed by atoms with E-state index in [2.05, 4.69) is 10.3 Å². The molecule has 0 bridgehead atoms. The predicted octanol–water partition coefficient (Wildman–Crippen LogP) is 3.70. The second-order valence-electron chi connectivity index (χ2n) is 5.20. The van der Waals surface area contributed by atoms with E-state index in [0.717, 1.165) is 18.2 Å². The molecule has 0 aliphatic heterocycles. The van der Waals surface area contributed by atoms with Crippen molar-refractivity contribution in [2.24, 2.45) is 0 Å². The fourth-order valence-electron chi connectivity index (χ4n) is 2.83. The van der Waals surface area contributed by atoms with E-state index in [9.17, 15) is 4.39 Å². The number of fused-ring (bicyclic) bond motifs is 1. The highest BCUT2D eigenvalue weighted by atomic mass is 19.1. The topological polar surface area (TPSA) is 50.9 Å². The second kappa shape index (κ2) is 5.03. The summed E-state index contributed by atoms with van der Waals surface area (Å²) in [5.74, 6) is 0.352. The molecule has 0 spiro atoms. The van der Waals surface area contributed by atoms with Gasteiger partial charge in [-0.15, -0.1) is 0 Å². The Bertz CT molecular complexity index is 591. The van der Waals surface area contributed by atoms with E-state index in [0.29, 0.717) is 22.9 Å². The Morgan fingerprint density at radius 2 is 1.95 bits per heavy atom. The van der Waals surface area contributed by atoms with Crippen molar-refractivity contribution in [1.29, 1.82) is 0 Å². The molecule has 1 aliphatic rings. The molecule has 4 heteroatoms. The lowest BCUT2D eigenvalue weighted by atomic mass is 9.95. The lowest BCUT2D eigenvalue weighted by molar-refractivity contribution is 0.462. The third-order valence-corrected chi connectivity index (χ3v) is 3.86. The molecule has 2 aromatic rings. The maximum atomic E-state index is 14.0. The van der Waals surface area contributed by atoms with E-state index < -0.39 is 0 Å². The third-order valence-electron chi connectivity index (χ3n) is 3.86. The van der Waals surface area contributed by atoms with Gasteiger partial charge in [0.2, 0.25) is 0 Å². The summed E-state index contributed by atoms with van der Waals surface area (Å²) in [5, 5.41) is 4.62. The van der Waals surface area contributed by atoms with E-state index >= 15 is 0 Å². The molecule has 0 radical (unpaired) electrons. The van der Waals surface area contributed by atoms with Gasteiger partial charge in [-0.25, -0.2) is 9.37 Å². The molecular weight excluding hydrogens is 241 g/mol. The van der Waals surface area contributed by atoms with Crippen LogP contribution in [0.25, 0.3) is 10.8 Å². The zero-order valence-corrected chi connectivity index (χ0v) is 10.8. The van der Waals surface area contributed by atoms with Gasteiger partial charge >= 0.3 is 0 Å². The summed E-state index contributed by atoms with van der Waals surface area (Å²) in [7, 11) is 0. The molecule has 0 saturated heterocycles. The minimum atomic E-state index is -0.268. The first-order chi connectivity index (χ1) is 9.25. The highest BCUT2D eigenvalue weighted by Crippen LogP contribution is 2.30. The molecule has 3 N–H and O–H groups in total. The number of nitrogens with one attached hydrogen (secondary N) is 1. The van der Waals surface area contributed by atoms with E-state index in [1.165, 1.54) is 25.3 Å². The van der Waals surface area contributed by atoms with Crippen molar-refractivity contribution in [3.05, 3.63) is 30.2 Å². The van der Waals surface area contributed by atoms with Crippen molar-refractivity contribution in [3.8, 4) is 0 Å². The first kappa shape index (κ1) is 12.2. The van der Waals surface area contributed by atoms with Gasteiger partial charge in [0.1, 0.15) is 11.6 Å². The monoisotopic (exact) mass is 259 g/mol. The smallest absolute Gasteiger partial charge is 0.137 e. The SMILES string of the molecule is Nc1ccc(F)c2c(NC3CCCCC3)nccc12. The van der Waals surface area contributed by atoms with Crippen LogP contribution < -0.4 is 11.1 Å². The summed E-state index contributed by atoms with van der Waals surface area (Å²) in [6.45, 7) is 0. The normalized spacial score (nSPS) is 16.7. The molecule has 100 valence electrons. The van der Waals surface area contributed by atoms with Gasteiger partial charge < -0.3 is 11.1 Å². The summed E-state index contributed by atoms with van der Waals surface area (Å²) >= 11 is 0. The molecule has 3 nitrogen and oxygen atoms in total. The van der Waals surface area contributed by atoms with Crippen LogP contribution >= 0.6 is 0 Å². The van der Waals surface area contributed by atoms with Crippen LogP contribution in [0.5, 0.6) is 0 Å². The minimum Gasteiger partial charge on any atom is -0.398 e. The molecule has 0 atom stereocenters. The van der Waals surface area contributed by atoms with Crippen LogP contribution in [0.1, 0.15) is 32.1 Å². The first-order valence-corrected chi connectivity index (χ1v) is 6.85. The number of nitrogens with zero attached hydrogens (tertiary/aromatic N) is 1. The molecule has 1 fully saturated rings. The van der Waals surface area contributed by atoms with Gasteiger partial charge in [-0.1, -0.05) is 19.3 Å². The van der Waals surface area contributed by atoms with Crippen LogP contribution in [0.2, 0.25) is 0 Å². The van der Waals surface area contributed by atoms with Gasteiger partial charge in [-0.2, -0.15) is 0 Å². The highest BCUT2D eigenvalue weighted by Gasteiger charge is 2.16. The maximum absolute atomic E-state index is 14.0. The standard InChI is InChI=1S/C15H18FN3/c16-12-6-7-13(17)11-8-9-18-15(14(11)12)19-10-4-2-1-3-5-10/h6-10H,1-5,17H2,(H,18,19). The molecule has 19 heavy (non-hydrogen) atoms. The van der Waals surface area contributed by atoms with Gasteiger partial charge in [0.05, 0.1) is 5.39 Å². The van der Waals surface area contributed by atoms with Crippen molar-refractivity contribution < 1.29 is 4.39 Å². The number of aromatic nitrogens is 1. The number of hydrogen-bond acceptors (Lipinski definition) is 3. The van der Waals surface area contributed by atoms with Crippen molar-refractivity contribution in [1.82, 2.24) is 4.98 Å². The summed E-state index contributed by atoms with van der Waals surface area (Å²) < 4.78 is 14.0. The lowest BCUT2D eigenvalue weighted by Gasteiger charge is -2.24. The molecule has 1 aliphatic carbocycles. The molecule has 0 amide bonds. The summed E-state index contributed by atoms with van der Waals surface area (Å²) in [6, 6.07) is 5.17. The van der Waals surface area contributed by atoms with E-state index in [1.54, 1.807) is 18.3 Å². The number of benzene rings is 1. The molecule has 1 aromatic heterocycles. The first-order valence-electron chi connectivity index (χ1n) is 6.85. The van der Waals surface area contributed by atoms with Crippen LogP contribution in [0, 0.1) is 5.82 Å². The summed E-state index contributed by atoms with van der Waals surface area (Å²) in [5.41, 5.74) is 6.49. The minimum absolute atomic E-state index is 0.268. The van der Waals surface area contributed by atoms with Crippen LogP contribution in [0.4, 0.5) is 15.9 Å². The second-order valence-corrected chi connectivity index (χ2v) is 5.20. The molecule has 1 heterocycles. The summed E-state index contributed by atoms with van der Waals surface area (Å²) in [4.78, 5) is 4.30. The van der Waals surface area contributed by atoms with Crippen molar-refractivity contribution >= 4 is 22.3 Å². The molecule has 3 rings (SSSR count). The molecule has 0 unspecified atom stereocenters. The Kier molecular flexibility index (Phi) is 3.23. The van der Waals surface area contributed by atoms with Crippen LogP contribution in [0.3, 0.4) is 0 Å². The number of nitrogens with two attached hydrogens (primary N) is 1. The van der Waals surface area contributed by atoms with Crippen molar-refractivity contribution in [2.45, 2.75) is 38.1 Å². The number of anilines is 2. The zero-order chi connectivity index (χ0) is 13.2. The Morgan fingerprint density at radius 3 is 2.74 bits per heavy atom. The number of pyridine rings is 1. The summed E-state index contributed by atoms with van der Waals surface area (Å²) in [6.07, 6.45) is 7.69. The largest absolute Gasteiger partial charge is 0.398 e. The van der Waals surface area contributed by atoms with Crippen LogP contribution in [-0.2, 0) is 0 Å². The fourth-order valence-corrected chi connectivity index (χ4v) is 2.83. The van der Waals surface area contributed by atoms with Gasteiger partial charge in [-0.3, -0.25) is 0 Å². The van der Waals surface area contributed by atoms with E-state index in [4.69, 9.17) is 5.73 Å². The number of halogens is 1. The Balaban J connectivity index is 2.00. The van der Waals surface area contributed by atoms with Crippen molar-refractivity contribution in [3.63, 3.8) is 0 Å². The predicted molar refractivity (Wildman–Crippen MR) is 76.6 cm³/mol. The van der Waals surface area contributed by atoms with Gasteiger partial charge in [-0.05, 0) is 31.0 Å². The van der Waals surface area contributed by atoms with E-state index in [-0.39, 0.29) is 5.82 Å².